The predicted octanol–water partition coefficient (Wildman–Crippen LogP) is 10.2. The maximum absolute atomic E-state index is 13.8. The number of nitrogens with two attached hydrogens (primary N) is 1. The molecule has 0 atom stereocenters. The number of rotatable bonds is 12. The first kappa shape index (κ1) is 49.0. The number of carbonyl (C=O) groups excluding carboxylic acids is 2. The number of carbonyl (C=O) groups is 5. The van der Waals surface area contributed by atoms with Gasteiger partial charge in [0.1, 0.15) is 28.4 Å². The van der Waals surface area contributed by atoms with E-state index in [1.165, 1.54) is 60.7 Å². The van der Waals surface area contributed by atoms with Gasteiger partial charge < -0.3 is 45.6 Å². The van der Waals surface area contributed by atoms with Crippen molar-refractivity contribution in [1.29, 1.82) is 0 Å². The molecule has 2 aliphatic carbocycles. The number of nitrogen functional groups attached to an aromatic ring is 1. The number of amides is 2. The number of fused-ring (bicyclic) bond motifs is 4. The number of halogens is 2. The van der Waals surface area contributed by atoms with Crippen LogP contribution < -0.4 is 27.2 Å². The van der Waals surface area contributed by atoms with Crippen molar-refractivity contribution in [2.24, 2.45) is 4.99 Å². The molecule has 2 heterocycles. The number of aryl methyl sites for hydroxylation is 2. The van der Waals surface area contributed by atoms with Crippen LogP contribution in [0.15, 0.2) is 122 Å². The molecule has 2 aliphatic heterocycles. The van der Waals surface area contributed by atoms with Crippen molar-refractivity contribution >= 4 is 80.6 Å². The highest BCUT2D eigenvalue weighted by atomic mass is 35.5. The van der Waals surface area contributed by atoms with Gasteiger partial charge in [0.2, 0.25) is 0 Å². The van der Waals surface area contributed by atoms with Crippen LogP contribution in [0.5, 0.6) is 5.75 Å². The van der Waals surface area contributed by atoms with Crippen molar-refractivity contribution in [3.05, 3.63) is 179 Å². The zero-order valence-corrected chi connectivity index (χ0v) is 40.3. The largest absolute Gasteiger partial charge is 0.507 e. The summed E-state index contributed by atoms with van der Waals surface area (Å²) in [7, 11) is 0. The van der Waals surface area contributed by atoms with Gasteiger partial charge >= 0.3 is 17.9 Å². The highest BCUT2D eigenvalue weighted by molar-refractivity contribution is 6.41. The van der Waals surface area contributed by atoms with E-state index < -0.39 is 40.7 Å². The highest BCUT2D eigenvalue weighted by Gasteiger charge is 2.31. The van der Waals surface area contributed by atoms with Crippen LogP contribution in [0.4, 0.5) is 5.69 Å². The molecule has 5 aromatic carbocycles. The molecule has 366 valence electrons. The summed E-state index contributed by atoms with van der Waals surface area (Å²) in [6.07, 6.45) is 0. The molecule has 5 aromatic rings. The second-order valence-electron chi connectivity index (χ2n) is 17.1. The predicted molar refractivity (Wildman–Crippen MR) is 274 cm³/mol. The number of anilines is 1. The molecule has 0 saturated heterocycles. The zero-order valence-electron chi connectivity index (χ0n) is 38.8. The molecule has 9 rings (SSSR count). The molecule has 16 nitrogen and oxygen atoms in total. The van der Waals surface area contributed by atoms with E-state index >= 15 is 0 Å². The van der Waals surface area contributed by atoms with Crippen LogP contribution in [0.3, 0.4) is 0 Å². The van der Waals surface area contributed by atoms with Crippen LogP contribution in [0.2, 0.25) is 10.0 Å². The third-order valence-electron chi connectivity index (χ3n) is 12.5. The summed E-state index contributed by atoms with van der Waals surface area (Å²) in [6, 6.07) is 24.9. The van der Waals surface area contributed by atoms with E-state index in [0.29, 0.717) is 67.5 Å². The minimum Gasteiger partial charge on any atom is -0.507 e. The number of carboxylic acids is 3. The Kier molecular flexibility index (Phi) is 13.0. The van der Waals surface area contributed by atoms with E-state index in [0.717, 1.165) is 11.6 Å². The van der Waals surface area contributed by atoms with Crippen molar-refractivity contribution in [2.45, 2.75) is 33.9 Å². The third kappa shape index (κ3) is 9.05. The lowest BCUT2D eigenvalue weighted by molar-refractivity contribution is 0.0682. The van der Waals surface area contributed by atoms with Gasteiger partial charge in [-0.1, -0.05) is 41.4 Å². The van der Waals surface area contributed by atoms with Gasteiger partial charge in [-0.25, -0.2) is 14.4 Å². The van der Waals surface area contributed by atoms with E-state index in [9.17, 15) is 49.2 Å². The first-order valence-electron chi connectivity index (χ1n) is 22.4. The standard InChI is InChI=1S/C55H40Cl2N4O12/c1-4-59-40-21-44-35(16-25(40)3)46(34-15-24(2)39(58)20-43(34)72-44)47-38(56)19-36(49(57)48(47)55(70)71)52(65)60-22-26-5-7-27(8-6-26)51(64)61-23-37-41(63)14-13-32-45(31-12-10-29(62)18-42(31)73-50(32)37)30-11-9-28(53(66)67)17-33(30)54(68)69/h5-21,63H,4,22-23,58H2,1-3H3,(H,60,65)(H,61,64)(H,66,67)(H,68,69)(H,70,71). The number of phenolic OH excluding ortho intramolecular Hbond substituents is 1. The Hall–Kier alpha value is -8.99. The van der Waals surface area contributed by atoms with Gasteiger partial charge in [-0.2, -0.15) is 0 Å². The maximum Gasteiger partial charge on any atom is 0.337 e. The summed E-state index contributed by atoms with van der Waals surface area (Å²) in [5.74, 6) is -5.34. The van der Waals surface area contributed by atoms with Crippen LogP contribution in [0.1, 0.15) is 81.0 Å². The third-order valence-corrected chi connectivity index (χ3v) is 13.2. The number of aromatic hydroxyl groups is 1. The molecule has 0 fully saturated rings. The van der Waals surface area contributed by atoms with Gasteiger partial charge in [0.15, 0.2) is 5.43 Å². The molecule has 0 radical (unpaired) electrons. The van der Waals surface area contributed by atoms with Crippen LogP contribution in [0.25, 0.3) is 66.8 Å². The monoisotopic (exact) mass is 1020 g/mol. The fourth-order valence-electron chi connectivity index (χ4n) is 8.89. The zero-order chi connectivity index (χ0) is 52.2. The lowest BCUT2D eigenvalue weighted by Gasteiger charge is -2.21. The molecule has 0 aromatic heterocycles. The minimum absolute atomic E-state index is 0.0241. The second-order valence-corrected chi connectivity index (χ2v) is 17.9. The summed E-state index contributed by atoms with van der Waals surface area (Å²) < 4.78 is 12.5. The topological polar surface area (TPSA) is 272 Å². The van der Waals surface area contributed by atoms with Gasteiger partial charge in [0, 0.05) is 81.1 Å². The van der Waals surface area contributed by atoms with Crippen LogP contribution in [0, 0.1) is 13.8 Å². The van der Waals surface area contributed by atoms with Crippen molar-refractivity contribution in [2.75, 3.05) is 12.3 Å². The number of aromatic carboxylic acids is 3. The first-order valence-corrected chi connectivity index (χ1v) is 23.1. The normalized spacial score (nSPS) is 11.7. The summed E-state index contributed by atoms with van der Waals surface area (Å²) in [5.41, 5.74) is 9.57. The van der Waals surface area contributed by atoms with E-state index in [-0.39, 0.29) is 84.7 Å². The van der Waals surface area contributed by atoms with Crippen molar-refractivity contribution in [3.8, 4) is 50.7 Å². The molecule has 18 heteroatoms. The number of benzene rings is 7. The molecule has 0 bridgehead atoms. The van der Waals surface area contributed by atoms with E-state index in [1.54, 1.807) is 37.3 Å². The fourth-order valence-corrected chi connectivity index (χ4v) is 9.50. The second kappa shape index (κ2) is 19.3. The lowest BCUT2D eigenvalue weighted by atomic mass is 9.88. The quantitative estimate of drug-likeness (QED) is 0.0444. The summed E-state index contributed by atoms with van der Waals surface area (Å²) in [6.45, 7) is 5.72. The lowest BCUT2D eigenvalue weighted by Crippen LogP contribution is -2.24. The number of nitrogens with one attached hydrogen (secondary N) is 2. The molecule has 0 unspecified atom stereocenters. The molecule has 0 saturated carbocycles. The molecular formula is C55H40Cl2N4O12. The van der Waals surface area contributed by atoms with Gasteiger partial charge in [-0.3, -0.25) is 19.4 Å². The van der Waals surface area contributed by atoms with Gasteiger partial charge in [-0.15, -0.1) is 0 Å². The summed E-state index contributed by atoms with van der Waals surface area (Å²) in [4.78, 5) is 81.8. The Labute approximate surface area is 423 Å². The Morgan fingerprint density at radius 2 is 1.34 bits per heavy atom. The van der Waals surface area contributed by atoms with Crippen molar-refractivity contribution in [1.82, 2.24) is 10.6 Å². The summed E-state index contributed by atoms with van der Waals surface area (Å²) >= 11 is 13.9. The van der Waals surface area contributed by atoms with Crippen molar-refractivity contribution < 1.29 is 53.2 Å². The van der Waals surface area contributed by atoms with Gasteiger partial charge in [0.25, 0.3) is 11.8 Å². The molecule has 4 aliphatic rings. The molecule has 73 heavy (non-hydrogen) atoms. The molecule has 8 N–H and O–H groups in total. The average molecular weight is 1020 g/mol. The van der Waals surface area contributed by atoms with E-state index in [1.807, 2.05) is 19.9 Å². The minimum atomic E-state index is -1.44. The Bertz CT molecular complexity index is 3920. The highest BCUT2D eigenvalue weighted by Crippen LogP contribution is 2.48. The number of nitrogens with zero attached hydrogens (tertiary/aromatic N) is 1. The average Bonchev–Trinajstić information content (AvgIpc) is 3.35. The summed E-state index contributed by atoms with van der Waals surface area (Å²) in [5, 5.41) is 48.1. The van der Waals surface area contributed by atoms with Crippen molar-refractivity contribution in [3.63, 3.8) is 0 Å². The SMILES string of the molecule is CCN=c1cc2oc3cc(N)c(C)cc3c(-c3c(Cl)cc(C(=O)NCc4ccc(C(=O)NCc5c(O)ccc6c(-c7ccc(C(=O)O)cc7C(=O)O)c7ccc(=O)cc-7oc56)cc4)c(Cl)c3C(=O)O)c-2cc1C. The first-order chi connectivity index (χ1) is 34.8. The fraction of sp³-hybridized carbons (Fsp3) is 0.109. The molecule has 0 spiro atoms. The number of carboxylic acid groups (broad SMARTS) is 3. The maximum atomic E-state index is 13.8. The van der Waals surface area contributed by atoms with Crippen LogP contribution in [-0.4, -0.2) is 56.7 Å². The van der Waals surface area contributed by atoms with Crippen LogP contribution >= 0.6 is 23.2 Å². The number of hydrogen-bond donors (Lipinski definition) is 7. The molecular weight excluding hydrogens is 980 g/mol. The van der Waals surface area contributed by atoms with Gasteiger partial charge in [-0.05, 0) is 110 Å². The van der Waals surface area contributed by atoms with E-state index in [4.69, 9.17) is 37.8 Å². The number of phenols is 1. The smallest absolute Gasteiger partial charge is 0.337 e. The number of hydrogen-bond acceptors (Lipinski definition) is 11. The van der Waals surface area contributed by atoms with Gasteiger partial charge in [0.05, 0.1) is 49.8 Å². The Morgan fingerprint density at radius 1 is 0.644 bits per heavy atom. The Balaban J connectivity index is 0.978. The Morgan fingerprint density at radius 3 is 2.04 bits per heavy atom. The van der Waals surface area contributed by atoms with E-state index in [2.05, 4.69) is 15.6 Å². The molecule has 2 amide bonds. The van der Waals surface area contributed by atoms with Crippen LogP contribution in [-0.2, 0) is 13.1 Å².